The van der Waals surface area contributed by atoms with Gasteiger partial charge in [0.05, 0.1) is 0 Å². The molecule has 2 bridgehead atoms. The van der Waals surface area contributed by atoms with Gasteiger partial charge < -0.3 is 10.1 Å². The molecular formula is C20H21FN2O2. The lowest BCUT2D eigenvalue weighted by molar-refractivity contribution is 0.0927. The van der Waals surface area contributed by atoms with Gasteiger partial charge in [-0.05, 0) is 74.8 Å². The lowest BCUT2D eigenvalue weighted by Crippen LogP contribution is -2.43. The zero-order valence-corrected chi connectivity index (χ0v) is 14.1. The Kier molecular flexibility index (Phi) is 4.17. The van der Waals surface area contributed by atoms with E-state index in [-0.39, 0.29) is 17.8 Å². The Hall–Kier alpha value is -2.40. The normalized spacial score (nSPS) is 25.1. The van der Waals surface area contributed by atoms with Gasteiger partial charge in [0.15, 0.2) is 0 Å². The lowest BCUT2D eigenvalue weighted by Gasteiger charge is -2.22. The van der Waals surface area contributed by atoms with Crippen LogP contribution < -0.4 is 10.1 Å². The molecular weight excluding hydrogens is 319 g/mol. The number of amides is 1. The van der Waals surface area contributed by atoms with Gasteiger partial charge in [0.25, 0.3) is 5.91 Å². The molecule has 5 heteroatoms. The zero-order valence-electron chi connectivity index (χ0n) is 14.1. The van der Waals surface area contributed by atoms with Gasteiger partial charge in [-0.2, -0.15) is 0 Å². The number of ether oxygens (including phenoxy) is 1. The first-order valence-corrected chi connectivity index (χ1v) is 8.66. The number of rotatable bonds is 4. The second-order valence-corrected chi connectivity index (χ2v) is 6.86. The molecule has 1 amide bonds. The van der Waals surface area contributed by atoms with Gasteiger partial charge in [-0.3, -0.25) is 9.69 Å². The zero-order chi connectivity index (χ0) is 17.4. The first-order chi connectivity index (χ1) is 12.1. The van der Waals surface area contributed by atoms with Gasteiger partial charge >= 0.3 is 0 Å². The second-order valence-electron chi connectivity index (χ2n) is 6.86. The Morgan fingerprint density at radius 1 is 1.08 bits per heavy atom. The van der Waals surface area contributed by atoms with Gasteiger partial charge in [-0.1, -0.05) is 0 Å². The van der Waals surface area contributed by atoms with E-state index in [0.717, 1.165) is 12.8 Å². The number of nitrogens with zero attached hydrogens (tertiary/aromatic N) is 1. The predicted octanol–water partition coefficient (Wildman–Crippen LogP) is 3.58. The third-order valence-electron chi connectivity index (χ3n) is 5.37. The van der Waals surface area contributed by atoms with E-state index in [1.54, 1.807) is 36.4 Å². The highest BCUT2D eigenvalue weighted by molar-refractivity contribution is 5.94. The van der Waals surface area contributed by atoms with Crippen LogP contribution in [0.5, 0.6) is 11.5 Å². The third-order valence-corrected chi connectivity index (χ3v) is 5.37. The summed E-state index contributed by atoms with van der Waals surface area (Å²) in [6.07, 6.45) is 3.44. The summed E-state index contributed by atoms with van der Waals surface area (Å²) in [4.78, 5) is 14.9. The molecule has 2 aromatic rings. The maximum Gasteiger partial charge on any atom is 0.251 e. The molecule has 2 saturated heterocycles. The summed E-state index contributed by atoms with van der Waals surface area (Å²) in [6.45, 7) is 0. The number of likely N-dealkylation sites (N-methyl/N-ethyl adjacent to an activating group) is 1. The molecule has 25 heavy (non-hydrogen) atoms. The highest BCUT2D eigenvalue weighted by atomic mass is 19.1. The second kappa shape index (κ2) is 6.48. The molecule has 2 unspecified atom stereocenters. The molecule has 3 atom stereocenters. The van der Waals surface area contributed by atoms with Crippen molar-refractivity contribution in [1.82, 2.24) is 10.2 Å². The van der Waals surface area contributed by atoms with Crippen LogP contribution in [0.15, 0.2) is 48.5 Å². The molecule has 2 aromatic carbocycles. The number of hydrogen-bond donors (Lipinski definition) is 1. The number of carbonyl (C=O) groups excluding carboxylic acids is 1. The fourth-order valence-corrected chi connectivity index (χ4v) is 3.98. The van der Waals surface area contributed by atoms with Gasteiger partial charge in [0.2, 0.25) is 0 Å². The maximum absolute atomic E-state index is 12.9. The van der Waals surface area contributed by atoms with Gasteiger partial charge in [0.1, 0.15) is 17.3 Å². The fraction of sp³-hybridized carbons (Fsp3) is 0.350. The van der Waals surface area contributed by atoms with E-state index in [1.807, 2.05) is 0 Å². The molecule has 4 nitrogen and oxygen atoms in total. The minimum Gasteiger partial charge on any atom is -0.457 e. The highest BCUT2D eigenvalue weighted by Crippen LogP contribution is 2.36. The van der Waals surface area contributed by atoms with Crippen molar-refractivity contribution >= 4 is 5.91 Å². The molecule has 0 spiro atoms. The molecule has 1 N–H and O–H groups in total. The number of hydrogen-bond acceptors (Lipinski definition) is 3. The third kappa shape index (κ3) is 3.24. The number of fused-ring (bicyclic) bond motifs is 2. The first-order valence-electron chi connectivity index (χ1n) is 8.66. The minimum absolute atomic E-state index is 0.0423. The summed E-state index contributed by atoms with van der Waals surface area (Å²) in [7, 11) is 2.15. The van der Waals surface area contributed by atoms with E-state index >= 15 is 0 Å². The standard InChI is InChI=1S/C20H21FN2O2/c1-23-15-6-11-19(23)18(12-15)22-20(24)13-2-7-16(8-3-13)25-17-9-4-14(21)5-10-17/h2-5,7-10,15,18-19H,6,11-12H2,1H3,(H,22,24)/t15?,18-,19?/m1/s1. The number of benzene rings is 2. The van der Waals surface area contributed by atoms with Crippen molar-refractivity contribution in [2.45, 2.75) is 37.4 Å². The van der Waals surface area contributed by atoms with Crippen molar-refractivity contribution in [3.63, 3.8) is 0 Å². The molecule has 130 valence electrons. The van der Waals surface area contributed by atoms with Crippen LogP contribution in [0.2, 0.25) is 0 Å². The lowest BCUT2D eigenvalue weighted by atomic mass is 9.95. The van der Waals surface area contributed by atoms with Gasteiger partial charge in [-0.15, -0.1) is 0 Å². The molecule has 0 saturated carbocycles. The van der Waals surface area contributed by atoms with Gasteiger partial charge in [0, 0.05) is 23.7 Å². The van der Waals surface area contributed by atoms with Crippen LogP contribution in [0, 0.1) is 5.82 Å². The summed E-state index contributed by atoms with van der Waals surface area (Å²) in [6, 6.07) is 14.2. The summed E-state index contributed by atoms with van der Waals surface area (Å²) in [5.74, 6) is 0.830. The van der Waals surface area contributed by atoms with Crippen molar-refractivity contribution < 1.29 is 13.9 Å². The first kappa shape index (κ1) is 16.1. The van der Waals surface area contributed by atoms with Crippen LogP contribution >= 0.6 is 0 Å². The van der Waals surface area contributed by atoms with Crippen LogP contribution in [0.4, 0.5) is 4.39 Å². The van der Waals surface area contributed by atoms with E-state index in [1.165, 1.54) is 18.6 Å². The molecule has 0 aromatic heterocycles. The van der Waals surface area contributed by atoms with E-state index in [4.69, 9.17) is 4.74 Å². The summed E-state index contributed by atoms with van der Waals surface area (Å²) < 4.78 is 18.6. The topological polar surface area (TPSA) is 41.6 Å². The Bertz CT molecular complexity index is 760. The highest BCUT2D eigenvalue weighted by Gasteiger charge is 2.44. The van der Waals surface area contributed by atoms with Crippen molar-refractivity contribution in [2.24, 2.45) is 0 Å². The maximum atomic E-state index is 12.9. The monoisotopic (exact) mass is 340 g/mol. The summed E-state index contributed by atoms with van der Waals surface area (Å²) in [5, 5.41) is 3.17. The van der Waals surface area contributed by atoms with E-state index in [2.05, 4.69) is 17.3 Å². The minimum atomic E-state index is -0.300. The predicted molar refractivity (Wildman–Crippen MR) is 93.4 cm³/mol. The van der Waals surface area contributed by atoms with Crippen LogP contribution in [0.3, 0.4) is 0 Å². The average Bonchev–Trinajstić information content (AvgIpc) is 3.12. The average molecular weight is 340 g/mol. The Morgan fingerprint density at radius 3 is 2.28 bits per heavy atom. The summed E-state index contributed by atoms with van der Waals surface area (Å²) >= 11 is 0. The molecule has 0 aliphatic carbocycles. The largest absolute Gasteiger partial charge is 0.457 e. The summed E-state index contributed by atoms with van der Waals surface area (Å²) in [5.41, 5.74) is 0.622. The SMILES string of the molecule is CN1C2CCC1[C@H](NC(=O)c1ccc(Oc3ccc(F)cc3)cc1)C2. The fourth-order valence-electron chi connectivity index (χ4n) is 3.98. The Labute approximate surface area is 146 Å². The molecule has 2 aliphatic rings. The van der Waals surface area contributed by atoms with Crippen LogP contribution in [-0.4, -0.2) is 36.0 Å². The van der Waals surface area contributed by atoms with Crippen LogP contribution in [-0.2, 0) is 0 Å². The molecule has 0 radical (unpaired) electrons. The van der Waals surface area contributed by atoms with Crippen LogP contribution in [0.25, 0.3) is 0 Å². The van der Waals surface area contributed by atoms with E-state index < -0.39 is 0 Å². The number of halogens is 1. The van der Waals surface area contributed by atoms with Crippen molar-refractivity contribution in [1.29, 1.82) is 0 Å². The van der Waals surface area contributed by atoms with Crippen molar-refractivity contribution in [3.8, 4) is 11.5 Å². The Balaban J connectivity index is 1.38. The Morgan fingerprint density at radius 2 is 1.72 bits per heavy atom. The van der Waals surface area contributed by atoms with Gasteiger partial charge in [-0.25, -0.2) is 4.39 Å². The van der Waals surface area contributed by atoms with Crippen molar-refractivity contribution in [3.05, 3.63) is 59.9 Å². The van der Waals surface area contributed by atoms with Crippen molar-refractivity contribution in [2.75, 3.05) is 7.05 Å². The van der Waals surface area contributed by atoms with E-state index in [0.29, 0.717) is 29.1 Å². The number of nitrogens with one attached hydrogen (secondary N) is 1. The quantitative estimate of drug-likeness (QED) is 0.925. The molecule has 2 fully saturated rings. The number of carbonyl (C=O) groups is 1. The van der Waals surface area contributed by atoms with E-state index in [9.17, 15) is 9.18 Å². The molecule has 2 aliphatic heterocycles. The molecule has 2 heterocycles. The molecule has 4 rings (SSSR count). The smallest absolute Gasteiger partial charge is 0.251 e. The van der Waals surface area contributed by atoms with Crippen LogP contribution in [0.1, 0.15) is 29.6 Å².